The van der Waals surface area contributed by atoms with Crippen molar-refractivity contribution >= 4 is 11.4 Å². The third kappa shape index (κ3) is 3.27. The highest BCUT2D eigenvalue weighted by Crippen LogP contribution is 2.38. The first-order valence-corrected chi connectivity index (χ1v) is 7.96. The van der Waals surface area contributed by atoms with Crippen molar-refractivity contribution < 1.29 is 4.74 Å². The molecular weight excluding hydrogens is 270 g/mol. The van der Waals surface area contributed by atoms with Crippen LogP contribution in [0.3, 0.4) is 0 Å². The third-order valence-corrected chi connectivity index (χ3v) is 4.12. The SMILES string of the molecule is COc1cccc(N(C)c2c(C(C)C)cccc2C(C)C)c1. The first-order chi connectivity index (χ1) is 10.5. The van der Waals surface area contributed by atoms with Gasteiger partial charge in [-0.25, -0.2) is 0 Å². The monoisotopic (exact) mass is 297 g/mol. The van der Waals surface area contributed by atoms with Crippen LogP contribution in [0.25, 0.3) is 0 Å². The summed E-state index contributed by atoms with van der Waals surface area (Å²) < 4.78 is 5.37. The molecule has 2 aromatic carbocycles. The molecule has 2 aromatic rings. The largest absolute Gasteiger partial charge is 0.497 e. The van der Waals surface area contributed by atoms with Crippen molar-refractivity contribution in [2.24, 2.45) is 0 Å². The summed E-state index contributed by atoms with van der Waals surface area (Å²) in [7, 11) is 3.85. The zero-order chi connectivity index (χ0) is 16.3. The Morgan fingerprint density at radius 3 is 1.91 bits per heavy atom. The van der Waals surface area contributed by atoms with E-state index in [4.69, 9.17) is 4.74 Å². The van der Waals surface area contributed by atoms with E-state index < -0.39 is 0 Å². The molecule has 0 aliphatic heterocycles. The summed E-state index contributed by atoms with van der Waals surface area (Å²) in [5.74, 6) is 1.86. The number of ether oxygens (including phenoxy) is 1. The zero-order valence-electron chi connectivity index (χ0n) is 14.6. The maximum absolute atomic E-state index is 5.37. The Morgan fingerprint density at radius 1 is 0.864 bits per heavy atom. The normalized spacial score (nSPS) is 11.1. The second kappa shape index (κ2) is 6.87. The summed E-state index contributed by atoms with van der Waals surface area (Å²) in [6, 6.07) is 14.9. The fraction of sp³-hybridized carbons (Fsp3) is 0.400. The van der Waals surface area contributed by atoms with Crippen molar-refractivity contribution in [3.63, 3.8) is 0 Å². The molecule has 0 bridgehead atoms. The highest BCUT2D eigenvalue weighted by atomic mass is 16.5. The van der Waals surface area contributed by atoms with Crippen molar-refractivity contribution in [3.8, 4) is 5.75 Å². The van der Waals surface area contributed by atoms with Crippen LogP contribution in [0.1, 0.15) is 50.7 Å². The minimum atomic E-state index is 0.488. The molecule has 0 amide bonds. The molecule has 2 heteroatoms. The van der Waals surface area contributed by atoms with Crippen LogP contribution in [0.5, 0.6) is 5.75 Å². The second-order valence-electron chi connectivity index (χ2n) is 6.35. The van der Waals surface area contributed by atoms with Gasteiger partial charge in [-0.2, -0.15) is 0 Å². The van der Waals surface area contributed by atoms with Gasteiger partial charge in [0, 0.05) is 24.5 Å². The van der Waals surface area contributed by atoms with Crippen LogP contribution < -0.4 is 9.64 Å². The molecule has 2 nitrogen and oxygen atoms in total. The van der Waals surface area contributed by atoms with Gasteiger partial charge in [0.15, 0.2) is 0 Å². The molecule has 0 atom stereocenters. The van der Waals surface area contributed by atoms with Crippen LogP contribution in [-0.4, -0.2) is 14.2 Å². The van der Waals surface area contributed by atoms with E-state index in [1.54, 1.807) is 7.11 Å². The highest BCUT2D eigenvalue weighted by Gasteiger charge is 2.18. The van der Waals surface area contributed by atoms with Gasteiger partial charge in [-0.05, 0) is 35.1 Å². The van der Waals surface area contributed by atoms with E-state index in [0.29, 0.717) is 11.8 Å². The van der Waals surface area contributed by atoms with Gasteiger partial charge in [0.1, 0.15) is 5.75 Å². The average molecular weight is 297 g/mol. The van der Waals surface area contributed by atoms with Crippen LogP contribution in [0.2, 0.25) is 0 Å². The highest BCUT2D eigenvalue weighted by molar-refractivity contribution is 5.71. The Hall–Kier alpha value is -1.96. The van der Waals surface area contributed by atoms with Gasteiger partial charge < -0.3 is 9.64 Å². The minimum Gasteiger partial charge on any atom is -0.497 e. The Labute approximate surface area is 134 Å². The van der Waals surface area contributed by atoms with E-state index in [1.165, 1.54) is 16.8 Å². The van der Waals surface area contributed by atoms with Gasteiger partial charge in [0.25, 0.3) is 0 Å². The summed E-state index contributed by atoms with van der Waals surface area (Å²) in [5, 5.41) is 0. The molecular formula is C20H27NO. The number of hydrogen-bond acceptors (Lipinski definition) is 2. The van der Waals surface area contributed by atoms with Crippen LogP contribution in [0.4, 0.5) is 11.4 Å². The number of benzene rings is 2. The van der Waals surface area contributed by atoms with Crippen molar-refractivity contribution in [1.82, 2.24) is 0 Å². The molecule has 22 heavy (non-hydrogen) atoms. The van der Waals surface area contributed by atoms with Crippen LogP contribution in [0, 0.1) is 0 Å². The quantitative estimate of drug-likeness (QED) is 0.701. The topological polar surface area (TPSA) is 12.5 Å². The summed E-state index contributed by atoms with van der Waals surface area (Å²) in [5.41, 5.74) is 5.24. The Kier molecular flexibility index (Phi) is 5.12. The number of para-hydroxylation sites is 1. The lowest BCUT2D eigenvalue weighted by molar-refractivity contribution is 0.415. The fourth-order valence-electron chi connectivity index (χ4n) is 2.85. The molecule has 0 saturated heterocycles. The van der Waals surface area contributed by atoms with E-state index in [1.807, 2.05) is 12.1 Å². The second-order valence-corrected chi connectivity index (χ2v) is 6.35. The molecule has 0 unspecified atom stereocenters. The van der Waals surface area contributed by atoms with Gasteiger partial charge >= 0.3 is 0 Å². The van der Waals surface area contributed by atoms with Gasteiger partial charge in [0.2, 0.25) is 0 Å². The maximum atomic E-state index is 5.37. The van der Waals surface area contributed by atoms with Gasteiger partial charge in [-0.1, -0.05) is 52.0 Å². The molecule has 0 aliphatic carbocycles. The lowest BCUT2D eigenvalue weighted by Gasteiger charge is -2.28. The Morgan fingerprint density at radius 2 is 1.41 bits per heavy atom. The lowest BCUT2D eigenvalue weighted by atomic mass is 9.92. The summed E-state index contributed by atoms with van der Waals surface area (Å²) in [6.07, 6.45) is 0. The predicted molar refractivity (Wildman–Crippen MR) is 95.7 cm³/mol. The zero-order valence-corrected chi connectivity index (χ0v) is 14.6. The van der Waals surface area contributed by atoms with Crippen molar-refractivity contribution in [2.45, 2.75) is 39.5 Å². The first kappa shape index (κ1) is 16.4. The van der Waals surface area contributed by atoms with E-state index in [-0.39, 0.29) is 0 Å². The smallest absolute Gasteiger partial charge is 0.120 e. The van der Waals surface area contributed by atoms with E-state index in [2.05, 4.69) is 70.0 Å². The molecule has 0 saturated carbocycles. The maximum Gasteiger partial charge on any atom is 0.120 e. The molecule has 0 spiro atoms. The van der Waals surface area contributed by atoms with Crippen LogP contribution in [0.15, 0.2) is 42.5 Å². The summed E-state index contributed by atoms with van der Waals surface area (Å²) >= 11 is 0. The predicted octanol–water partition coefficient (Wildman–Crippen LogP) is 5.71. The van der Waals surface area contributed by atoms with E-state index in [0.717, 1.165) is 11.4 Å². The standard InChI is InChI=1S/C20H27NO/c1-14(2)18-11-8-12-19(15(3)4)20(18)21(5)16-9-7-10-17(13-16)22-6/h7-15H,1-6H3. The molecule has 0 fully saturated rings. The van der Waals surface area contributed by atoms with Crippen LogP contribution in [-0.2, 0) is 0 Å². The van der Waals surface area contributed by atoms with Crippen molar-refractivity contribution in [1.29, 1.82) is 0 Å². The summed E-state index contributed by atoms with van der Waals surface area (Å²) in [6.45, 7) is 9.01. The minimum absolute atomic E-state index is 0.488. The number of nitrogens with zero attached hydrogens (tertiary/aromatic N) is 1. The summed E-state index contributed by atoms with van der Waals surface area (Å²) in [4.78, 5) is 2.28. The molecule has 0 heterocycles. The van der Waals surface area contributed by atoms with Gasteiger partial charge in [-0.3, -0.25) is 0 Å². The molecule has 2 rings (SSSR count). The van der Waals surface area contributed by atoms with Crippen LogP contribution >= 0.6 is 0 Å². The third-order valence-electron chi connectivity index (χ3n) is 4.12. The van der Waals surface area contributed by atoms with Crippen molar-refractivity contribution in [3.05, 3.63) is 53.6 Å². The average Bonchev–Trinajstić information content (AvgIpc) is 2.53. The lowest BCUT2D eigenvalue weighted by Crippen LogP contribution is -2.15. The van der Waals surface area contributed by atoms with E-state index in [9.17, 15) is 0 Å². The fourth-order valence-corrected chi connectivity index (χ4v) is 2.85. The molecule has 0 aliphatic rings. The molecule has 118 valence electrons. The molecule has 0 aromatic heterocycles. The molecule has 0 radical (unpaired) electrons. The van der Waals surface area contributed by atoms with Crippen molar-refractivity contribution in [2.75, 3.05) is 19.1 Å². The van der Waals surface area contributed by atoms with Gasteiger partial charge in [0.05, 0.1) is 7.11 Å². The number of hydrogen-bond donors (Lipinski definition) is 0. The number of rotatable bonds is 5. The van der Waals surface area contributed by atoms with E-state index >= 15 is 0 Å². The Bertz CT molecular complexity index is 605. The number of anilines is 2. The number of methoxy groups -OCH3 is 1. The molecule has 0 N–H and O–H groups in total. The Balaban J connectivity index is 2.58. The first-order valence-electron chi connectivity index (χ1n) is 7.96. The van der Waals surface area contributed by atoms with Gasteiger partial charge in [-0.15, -0.1) is 0 Å².